The van der Waals surface area contributed by atoms with Gasteiger partial charge < -0.3 is 96.4 Å². The SMILES string of the molecule is CC(=O)N[C@H]1C(OC(C(O)C[C@H](O)NC(C)=O)[C@@H](O)CO)O[C@H](C)C(O[C@@H](CC(O)C(OC2O[C@H](C)C(O)C(O)C2N)[C@@H](O)CO)NC(C)=O)C1O. The first kappa shape index (κ1) is 45.9. The number of hydrogen-bond donors (Lipinski definition) is 14. The van der Waals surface area contributed by atoms with Crippen LogP contribution in [0.25, 0.3) is 0 Å². The number of nitrogens with one attached hydrogen (secondary N) is 3. The molecule has 0 aromatic rings. The van der Waals surface area contributed by atoms with Gasteiger partial charge in [-0.15, -0.1) is 0 Å². The van der Waals surface area contributed by atoms with Gasteiger partial charge >= 0.3 is 0 Å². The molecule has 0 aliphatic carbocycles. The highest BCUT2D eigenvalue weighted by Gasteiger charge is 2.49. The molecule has 2 rings (SSSR count). The second kappa shape index (κ2) is 21.0. The third-order valence-electron chi connectivity index (χ3n) is 8.52. The summed E-state index contributed by atoms with van der Waals surface area (Å²) in [6.07, 6.45) is -25.8. The van der Waals surface area contributed by atoms with Crippen LogP contribution >= 0.6 is 0 Å². The summed E-state index contributed by atoms with van der Waals surface area (Å²) >= 11 is 0. The van der Waals surface area contributed by atoms with Crippen LogP contribution in [-0.4, -0.2) is 192 Å². The minimum Gasteiger partial charge on any atom is -0.394 e. The van der Waals surface area contributed by atoms with E-state index in [1.165, 1.54) is 13.8 Å². The van der Waals surface area contributed by atoms with E-state index in [1.54, 1.807) is 0 Å². The van der Waals surface area contributed by atoms with Crippen molar-refractivity contribution < 1.29 is 89.1 Å². The molecule has 2 aliphatic heterocycles. The summed E-state index contributed by atoms with van der Waals surface area (Å²) in [5.74, 6) is -1.99. The molecule has 2 saturated heterocycles. The predicted octanol–water partition coefficient (Wildman–Crippen LogP) is -7.33. The summed E-state index contributed by atoms with van der Waals surface area (Å²) in [7, 11) is 0. The van der Waals surface area contributed by atoms with Crippen LogP contribution in [0, 0.1) is 0 Å². The minimum atomic E-state index is -1.78. The Labute approximate surface area is 299 Å². The molecule has 3 amide bonds. The van der Waals surface area contributed by atoms with Gasteiger partial charge in [-0.3, -0.25) is 14.4 Å². The van der Waals surface area contributed by atoms with E-state index in [2.05, 4.69) is 16.0 Å². The topological polar surface area (TPSA) is 362 Å². The van der Waals surface area contributed by atoms with E-state index < -0.39 is 154 Å². The van der Waals surface area contributed by atoms with Crippen LogP contribution < -0.4 is 21.7 Å². The normalized spacial score (nSPS) is 34.2. The van der Waals surface area contributed by atoms with Gasteiger partial charge in [-0.25, -0.2) is 0 Å². The first-order chi connectivity index (χ1) is 24.2. The maximum atomic E-state index is 12.2. The molecule has 2 aliphatic rings. The van der Waals surface area contributed by atoms with Crippen molar-refractivity contribution in [2.24, 2.45) is 5.73 Å². The van der Waals surface area contributed by atoms with Crippen molar-refractivity contribution >= 4 is 17.7 Å². The first-order valence-electron chi connectivity index (χ1n) is 16.7. The van der Waals surface area contributed by atoms with Crippen molar-refractivity contribution in [3.63, 3.8) is 0 Å². The highest BCUT2D eigenvalue weighted by atomic mass is 16.7. The van der Waals surface area contributed by atoms with Crippen molar-refractivity contribution in [1.29, 1.82) is 0 Å². The Morgan fingerprint density at radius 2 is 1.17 bits per heavy atom. The van der Waals surface area contributed by atoms with Gasteiger partial charge in [0.2, 0.25) is 17.7 Å². The Morgan fingerprint density at radius 3 is 1.67 bits per heavy atom. The molecule has 304 valence electrons. The lowest BCUT2D eigenvalue weighted by Crippen LogP contribution is -2.66. The van der Waals surface area contributed by atoms with Crippen LogP contribution in [0.3, 0.4) is 0 Å². The molecule has 0 aromatic heterocycles. The highest BCUT2D eigenvalue weighted by Crippen LogP contribution is 2.29. The second-order valence-electron chi connectivity index (χ2n) is 13.0. The van der Waals surface area contributed by atoms with Gasteiger partial charge in [0.25, 0.3) is 0 Å². The Bertz CT molecular complexity index is 1130. The Kier molecular flexibility index (Phi) is 18.6. The van der Waals surface area contributed by atoms with Crippen molar-refractivity contribution in [1.82, 2.24) is 16.0 Å². The van der Waals surface area contributed by atoms with Crippen LogP contribution in [0.5, 0.6) is 0 Å². The molecule has 0 spiro atoms. The van der Waals surface area contributed by atoms with Crippen molar-refractivity contribution in [2.45, 2.75) is 158 Å². The Hall–Kier alpha value is -2.23. The maximum absolute atomic E-state index is 12.2. The Morgan fingerprint density at radius 1 is 0.673 bits per heavy atom. The highest BCUT2D eigenvalue weighted by molar-refractivity contribution is 5.73. The van der Waals surface area contributed by atoms with Gasteiger partial charge in [0.15, 0.2) is 12.6 Å². The number of nitrogens with two attached hydrogens (primary N) is 1. The zero-order valence-electron chi connectivity index (χ0n) is 29.5. The number of hydrogen-bond acceptors (Lipinski definition) is 19. The number of amides is 3. The zero-order valence-corrected chi connectivity index (χ0v) is 29.5. The number of carbonyl (C=O) groups excluding carboxylic acids is 3. The average Bonchev–Trinajstić information content (AvgIpc) is 3.05. The van der Waals surface area contributed by atoms with E-state index in [0.717, 1.165) is 20.8 Å². The van der Waals surface area contributed by atoms with Gasteiger partial charge in [-0.05, 0) is 13.8 Å². The van der Waals surface area contributed by atoms with E-state index in [0.29, 0.717) is 0 Å². The monoisotopic (exact) mass is 760 g/mol. The van der Waals surface area contributed by atoms with Gasteiger partial charge in [-0.1, -0.05) is 0 Å². The minimum absolute atomic E-state index is 0.570. The van der Waals surface area contributed by atoms with Crippen LogP contribution in [-0.2, 0) is 38.1 Å². The lowest BCUT2D eigenvalue weighted by Gasteiger charge is -2.46. The molecule has 11 unspecified atom stereocenters. The van der Waals surface area contributed by atoms with Crippen LogP contribution in [0.1, 0.15) is 47.5 Å². The van der Waals surface area contributed by atoms with Crippen LogP contribution in [0.2, 0.25) is 0 Å². The van der Waals surface area contributed by atoms with Crippen molar-refractivity contribution in [2.75, 3.05) is 13.2 Å². The van der Waals surface area contributed by atoms with Gasteiger partial charge in [-0.2, -0.15) is 0 Å². The second-order valence-corrected chi connectivity index (χ2v) is 13.0. The van der Waals surface area contributed by atoms with E-state index in [4.69, 9.17) is 29.4 Å². The lowest BCUT2D eigenvalue weighted by molar-refractivity contribution is -0.305. The van der Waals surface area contributed by atoms with E-state index in [1.807, 2.05) is 0 Å². The molecule has 0 radical (unpaired) electrons. The largest absolute Gasteiger partial charge is 0.394 e. The molecular weight excluding hydrogens is 704 g/mol. The molecule has 15 N–H and O–H groups in total. The summed E-state index contributed by atoms with van der Waals surface area (Å²) in [5, 5.41) is 111. The molecular formula is C30H56N4O18. The fourth-order valence-corrected chi connectivity index (χ4v) is 5.85. The van der Waals surface area contributed by atoms with Crippen LogP contribution in [0.15, 0.2) is 0 Å². The fraction of sp³-hybridized carbons (Fsp3) is 0.900. The Balaban J connectivity index is 2.31. The van der Waals surface area contributed by atoms with E-state index in [9.17, 15) is 65.4 Å². The third-order valence-corrected chi connectivity index (χ3v) is 8.52. The van der Waals surface area contributed by atoms with Gasteiger partial charge in [0, 0.05) is 33.6 Å². The lowest BCUT2D eigenvalue weighted by atomic mass is 9.96. The summed E-state index contributed by atoms with van der Waals surface area (Å²) in [6.45, 7) is 4.29. The predicted molar refractivity (Wildman–Crippen MR) is 172 cm³/mol. The molecule has 0 bridgehead atoms. The number of aliphatic hydroxyl groups is 10. The van der Waals surface area contributed by atoms with Crippen LogP contribution in [0.4, 0.5) is 0 Å². The number of ether oxygens (including phenoxy) is 5. The summed E-state index contributed by atoms with van der Waals surface area (Å²) < 4.78 is 28.8. The standard InChI is InChI=1S/C30H56N4O18/c1-10-23(45)24(46)21(31)29(48-10)51-28(18(43)9-36)16(41)7-20(33-13(4)38)50-26-11(2)49-30(22(25(26)47)34-14(5)39)52-27(17(42)8-35)15(40)6-19(44)32-12(3)37/h10-11,15-30,35-36,40-47H,6-9,31H2,1-5H3,(H,32,37)(H,33,38)(H,34,39)/t10-,11-,15?,16?,17+,18+,19+,20+,21?,22-,23?,24?,25?,26?,27?,28?,29?,30?/m1/s1. The van der Waals surface area contributed by atoms with Gasteiger partial charge in [0.1, 0.15) is 67.3 Å². The molecule has 0 aromatic carbocycles. The van der Waals surface area contributed by atoms with E-state index >= 15 is 0 Å². The molecule has 0 saturated carbocycles. The number of rotatable bonds is 19. The molecule has 2 heterocycles. The summed E-state index contributed by atoms with van der Waals surface area (Å²) in [6, 6.07) is -2.84. The van der Waals surface area contributed by atoms with Gasteiger partial charge in [0.05, 0.1) is 43.7 Å². The zero-order chi connectivity index (χ0) is 39.6. The van der Waals surface area contributed by atoms with Crippen molar-refractivity contribution in [3.8, 4) is 0 Å². The smallest absolute Gasteiger partial charge is 0.218 e. The average molecular weight is 761 g/mol. The molecule has 18 atom stereocenters. The quantitative estimate of drug-likeness (QED) is 0.0544. The molecule has 52 heavy (non-hydrogen) atoms. The number of aliphatic hydroxyl groups excluding tert-OH is 10. The summed E-state index contributed by atoms with van der Waals surface area (Å²) in [4.78, 5) is 35.7. The van der Waals surface area contributed by atoms with Crippen molar-refractivity contribution in [3.05, 3.63) is 0 Å². The third kappa shape index (κ3) is 13.0. The summed E-state index contributed by atoms with van der Waals surface area (Å²) in [5.41, 5.74) is 5.94. The van der Waals surface area contributed by atoms with E-state index in [-0.39, 0.29) is 0 Å². The molecule has 2 fully saturated rings. The fourth-order valence-electron chi connectivity index (χ4n) is 5.85. The number of carbonyl (C=O) groups is 3. The molecule has 22 nitrogen and oxygen atoms in total. The molecule has 22 heteroatoms. The maximum Gasteiger partial charge on any atom is 0.218 e. The first-order valence-corrected chi connectivity index (χ1v) is 16.7.